The first-order chi connectivity index (χ1) is 6.49. The van der Waals surface area contributed by atoms with E-state index in [1.165, 1.54) is 18.1 Å². The predicted octanol–water partition coefficient (Wildman–Crippen LogP) is 2.93. The van der Waals surface area contributed by atoms with E-state index in [0.29, 0.717) is 0 Å². The van der Waals surface area contributed by atoms with Crippen LogP contribution in [0.25, 0.3) is 0 Å². The standard InChI is InChI=1S/C12H16O2/c1-8-5-9(2)7-12(6-8)10(3)14-11(4)13/h5-7,10H,1-4H3/t10-/m1/s1. The van der Waals surface area contributed by atoms with Crippen molar-refractivity contribution in [2.45, 2.75) is 33.8 Å². The lowest BCUT2D eigenvalue weighted by Gasteiger charge is -2.13. The molecule has 0 aliphatic heterocycles. The van der Waals surface area contributed by atoms with Gasteiger partial charge >= 0.3 is 5.97 Å². The molecule has 1 atom stereocenters. The molecule has 0 radical (unpaired) electrons. The fraction of sp³-hybridized carbons (Fsp3) is 0.417. The lowest BCUT2D eigenvalue weighted by atomic mass is 10.0. The molecule has 0 unspecified atom stereocenters. The molecule has 0 bridgehead atoms. The summed E-state index contributed by atoms with van der Waals surface area (Å²) in [6.45, 7) is 7.39. The Hall–Kier alpha value is -1.31. The zero-order chi connectivity index (χ0) is 10.7. The highest BCUT2D eigenvalue weighted by Crippen LogP contribution is 2.19. The van der Waals surface area contributed by atoms with Gasteiger partial charge in [-0.1, -0.05) is 29.3 Å². The van der Waals surface area contributed by atoms with E-state index < -0.39 is 0 Å². The molecule has 76 valence electrons. The van der Waals surface area contributed by atoms with Crippen molar-refractivity contribution in [2.24, 2.45) is 0 Å². The highest BCUT2D eigenvalue weighted by molar-refractivity contribution is 5.66. The SMILES string of the molecule is CC(=O)O[C@H](C)c1cc(C)cc(C)c1. The molecule has 0 amide bonds. The molecule has 1 aromatic rings. The van der Waals surface area contributed by atoms with Crippen LogP contribution in [0.2, 0.25) is 0 Å². The van der Waals surface area contributed by atoms with Crippen LogP contribution in [0, 0.1) is 13.8 Å². The van der Waals surface area contributed by atoms with Crippen LogP contribution in [0.5, 0.6) is 0 Å². The molecule has 1 rings (SSSR count). The first-order valence-corrected chi connectivity index (χ1v) is 4.74. The zero-order valence-electron chi connectivity index (χ0n) is 9.13. The Balaban J connectivity index is 2.89. The molecule has 0 spiro atoms. The van der Waals surface area contributed by atoms with Crippen molar-refractivity contribution >= 4 is 5.97 Å². The van der Waals surface area contributed by atoms with Crippen LogP contribution in [-0.4, -0.2) is 5.97 Å². The number of rotatable bonds is 2. The number of ether oxygens (including phenoxy) is 1. The minimum atomic E-state index is -0.239. The van der Waals surface area contributed by atoms with Gasteiger partial charge in [0.25, 0.3) is 0 Å². The van der Waals surface area contributed by atoms with Crippen LogP contribution in [0.4, 0.5) is 0 Å². The monoisotopic (exact) mass is 192 g/mol. The van der Waals surface area contributed by atoms with Crippen LogP contribution in [-0.2, 0) is 9.53 Å². The van der Waals surface area contributed by atoms with E-state index in [0.717, 1.165) is 5.56 Å². The van der Waals surface area contributed by atoms with Crippen molar-refractivity contribution in [3.05, 3.63) is 34.9 Å². The van der Waals surface area contributed by atoms with E-state index in [-0.39, 0.29) is 12.1 Å². The second-order valence-electron chi connectivity index (χ2n) is 3.67. The fourth-order valence-electron chi connectivity index (χ4n) is 1.56. The van der Waals surface area contributed by atoms with E-state index in [1.807, 2.05) is 32.9 Å². The third-order valence-corrected chi connectivity index (χ3v) is 2.06. The maximum Gasteiger partial charge on any atom is 0.303 e. The summed E-state index contributed by atoms with van der Waals surface area (Å²) in [6, 6.07) is 6.19. The quantitative estimate of drug-likeness (QED) is 0.673. The summed E-state index contributed by atoms with van der Waals surface area (Å²) in [5, 5.41) is 0. The van der Waals surface area contributed by atoms with E-state index in [2.05, 4.69) is 6.07 Å². The molecule has 0 heterocycles. The highest BCUT2D eigenvalue weighted by atomic mass is 16.5. The van der Waals surface area contributed by atoms with Gasteiger partial charge in [0.1, 0.15) is 6.10 Å². The minimum absolute atomic E-state index is 0.161. The Morgan fingerprint density at radius 1 is 1.21 bits per heavy atom. The average Bonchev–Trinajstić information content (AvgIpc) is 2.00. The molecule has 0 fully saturated rings. The number of esters is 1. The van der Waals surface area contributed by atoms with Crippen LogP contribution >= 0.6 is 0 Å². The molecule has 0 aliphatic rings. The molecular formula is C12H16O2. The molecule has 14 heavy (non-hydrogen) atoms. The number of benzene rings is 1. The second-order valence-corrected chi connectivity index (χ2v) is 3.67. The normalized spacial score (nSPS) is 12.3. The highest BCUT2D eigenvalue weighted by Gasteiger charge is 2.08. The van der Waals surface area contributed by atoms with Crippen molar-refractivity contribution in [1.82, 2.24) is 0 Å². The van der Waals surface area contributed by atoms with Gasteiger partial charge in [-0.05, 0) is 26.3 Å². The van der Waals surface area contributed by atoms with Crippen molar-refractivity contribution in [3.63, 3.8) is 0 Å². The third kappa shape index (κ3) is 2.87. The van der Waals surface area contributed by atoms with Crippen LogP contribution < -0.4 is 0 Å². The maximum atomic E-state index is 10.8. The van der Waals surface area contributed by atoms with Crippen LogP contribution in [0.1, 0.15) is 36.6 Å². The van der Waals surface area contributed by atoms with Crippen molar-refractivity contribution in [1.29, 1.82) is 0 Å². The molecular weight excluding hydrogens is 176 g/mol. The molecule has 1 aromatic carbocycles. The van der Waals surface area contributed by atoms with Crippen molar-refractivity contribution in [3.8, 4) is 0 Å². The smallest absolute Gasteiger partial charge is 0.303 e. The Kier molecular flexibility index (Phi) is 3.28. The minimum Gasteiger partial charge on any atom is -0.458 e. The van der Waals surface area contributed by atoms with E-state index in [4.69, 9.17) is 4.74 Å². The summed E-state index contributed by atoms with van der Waals surface area (Å²) in [6.07, 6.45) is -0.161. The summed E-state index contributed by atoms with van der Waals surface area (Å²) in [4.78, 5) is 10.8. The maximum absolute atomic E-state index is 10.8. The molecule has 2 heteroatoms. The molecule has 0 N–H and O–H groups in total. The summed E-state index contributed by atoms with van der Waals surface area (Å²) >= 11 is 0. The summed E-state index contributed by atoms with van der Waals surface area (Å²) in [5.74, 6) is -0.239. The number of carbonyl (C=O) groups is 1. The lowest BCUT2D eigenvalue weighted by molar-refractivity contribution is -0.145. The predicted molar refractivity (Wildman–Crippen MR) is 56.1 cm³/mol. The van der Waals surface area contributed by atoms with E-state index >= 15 is 0 Å². The Labute approximate surface area is 84.9 Å². The third-order valence-electron chi connectivity index (χ3n) is 2.06. The largest absolute Gasteiger partial charge is 0.458 e. The van der Waals surface area contributed by atoms with Crippen molar-refractivity contribution < 1.29 is 9.53 Å². The van der Waals surface area contributed by atoms with Crippen molar-refractivity contribution in [2.75, 3.05) is 0 Å². The molecule has 0 saturated carbocycles. The average molecular weight is 192 g/mol. The van der Waals surface area contributed by atoms with E-state index in [9.17, 15) is 4.79 Å². The number of aryl methyl sites for hydroxylation is 2. The molecule has 2 nitrogen and oxygen atoms in total. The number of hydrogen-bond acceptors (Lipinski definition) is 2. The topological polar surface area (TPSA) is 26.3 Å². The Morgan fingerprint density at radius 2 is 1.71 bits per heavy atom. The van der Waals surface area contributed by atoms with Crippen LogP contribution in [0.15, 0.2) is 18.2 Å². The summed E-state index contributed by atoms with van der Waals surface area (Å²) in [5.41, 5.74) is 3.44. The van der Waals surface area contributed by atoms with Gasteiger partial charge in [-0.2, -0.15) is 0 Å². The van der Waals surface area contributed by atoms with Gasteiger partial charge in [-0.25, -0.2) is 0 Å². The van der Waals surface area contributed by atoms with Gasteiger partial charge in [0.2, 0.25) is 0 Å². The molecule has 0 aliphatic carbocycles. The van der Waals surface area contributed by atoms with Gasteiger partial charge in [0, 0.05) is 6.92 Å². The van der Waals surface area contributed by atoms with Gasteiger partial charge in [-0.3, -0.25) is 4.79 Å². The van der Waals surface area contributed by atoms with Crippen LogP contribution in [0.3, 0.4) is 0 Å². The second kappa shape index (κ2) is 4.27. The molecule has 0 saturated heterocycles. The first-order valence-electron chi connectivity index (χ1n) is 4.74. The van der Waals surface area contributed by atoms with Gasteiger partial charge in [0.15, 0.2) is 0 Å². The zero-order valence-corrected chi connectivity index (χ0v) is 9.13. The first kappa shape index (κ1) is 10.8. The number of carbonyl (C=O) groups excluding carboxylic acids is 1. The lowest BCUT2D eigenvalue weighted by Crippen LogP contribution is -2.05. The van der Waals surface area contributed by atoms with Gasteiger partial charge in [-0.15, -0.1) is 0 Å². The van der Waals surface area contributed by atoms with Gasteiger partial charge < -0.3 is 4.74 Å². The molecule has 0 aromatic heterocycles. The van der Waals surface area contributed by atoms with E-state index in [1.54, 1.807) is 0 Å². The fourth-order valence-corrected chi connectivity index (χ4v) is 1.56. The van der Waals surface area contributed by atoms with Gasteiger partial charge in [0.05, 0.1) is 0 Å². The number of hydrogen-bond donors (Lipinski definition) is 0. The Bertz CT molecular complexity index is 322. The summed E-state index contributed by atoms with van der Waals surface area (Å²) in [7, 11) is 0. The Morgan fingerprint density at radius 3 is 2.14 bits per heavy atom. The summed E-state index contributed by atoms with van der Waals surface area (Å²) < 4.78 is 5.11.